The molecular formula is C63H44B3N3S. The number of rotatable bonds is 4. The summed E-state index contributed by atoms with van der Waals surface area (Å²) in [7, 11) is 0. The average Bonchev–Trinajstić information content (AvgIpc) is 3.40. The van der Waals surface area contributed by atoms with Crippen LogP contribution < -0.4 is 63.9 Å². The fraction of sp³-hybridized carbons (Fsp3) is 0.0476. The molecule has 0 bridgehead atoms. The van der Waals surface area contributed by atoms with Gasteiger partial charge in [-0.25, -0.2) is 0 Å². The van der Waals surface area contributed by atoms with Crippen molar-refractivity contribution in [2.24, 2.45) is 0 Å². The SMILES string of the molecule is Cc1cc(C)c(B2c3ccccc3Sc3cc4c(cc32)B2c3ccc(-c5ccccc5)cc3N3c5ccccc5B5c6ccccc6N(c6ccccc6)c6cc(c2c3c65)N4c2ccccc2)c(C)c1. The molecule has 0 unspecified atom stereocenters. The third-order valence-corrected chi connectivity index (χ3v) is 17.0. The van der Waals surface area contributed by atoms with E-state index in [9.17, 15) is 0 Å². The molecule has 15 rings (SSSR count). The van der Waals surface area contributed by atoms with Crippen molar-refractivity contribution in [3.63, 3.8) is 0 Å². The van der Waals surface area contributed by atoms with Gasteiger partial charge in [0, 0.05) is 61.0 Å². The van der Waals surface area contributed by atoms with Crippen molar-refractivity contribution in [2.45, 2.75) is 30.6 Å². The van der Waals surface area contributed by atoms with Gasteiger partial charge < -0.3 is 14.7 Å². The summed E-state index contributed by atoms with van der Waals surface area (Å²) >= 11 is 1.93. The van der Waals surface area contributed by atoms with Crippen LogP contribution in [-0.4, -0.2) is 20.1 Å². The van der Waals surface area contributed by atoms with Gasteiger partial charge in [-0.05, 0) is 125 Å². The number of hydrogen-bond acceptors (Lipinski definition) is 4. The zero-order chi connectivity index (χ0) is 46.4. The molecule has 0 N–H and O–H groups in total. The molecule has 5 aliphatic rings. The predicted octanol–water partition coefficient (Wildman–Crippen LogP) is 9.96. The highest BCUT2D eigenvalue weighted by Gasteiger charge is 2.52. The minimum Gasteiger partial charge on any atom is -0.312 e. The molecule has 0 saturated heterocycles. The Bertz CT molecular complexity index is 3820. The summed E-state index contributed by atoms with van der Waals surface area (Å²) in [6.07, 6.45) is 0. The summed E-state index contributed by atoms with van der Waals surface area (Å²) in [6.45, 7) is 6.92. The largest absolute Gasteiger partial charge is 0.312 e. The number of hydrogen-bond donors (Lipinski definition) is 0. The van der Waals surface area contributed by atoms with E-state index in [4.69, 9.17) is 0 Å². The van der Waals surface area contributed by atoms with Crippen LogP contribution in [0, 0.1) is 20.8 Å². The van der Waals surface area contributed by atoms with E-state index in [0.717, 1.165) is 11.4 Å². The van der Waals surface area contributed by atoms with Gasteiger partial charge in [0.1, 0.15) is 0 Å². The Balaban J connectivity index is 1.10. The quantitative estimate of drug-likeness (QED) is 0.163. The molecule has 0 aromatic heterocycles. The van der Waals surface area contributed by atoms with E-state index in [1.165, 1.54) is 127 Å². The maximum absolute atomic E-state index is 2.67. The summed E-state index contributed by atoms with van der Waals surface area (Å²) < 4.78 is 0. The molecule has 7 heteroatoms. The smallest absolute Gasteiger partial charge is 0.252 e. The molecule has 0 spiro atoms. The van der Waals surface area contributed by atoms with Crippen molar-refractivity contribution in [3.05, 3.63) is 229 Å². The van der Waals surface area contributed by atoms with E-state index < -0.39 is 0 Å². The van der Waals surface area contributed by atoms with Gasteiger partial charge in [-0.1, -0.05) is 196 Å². The van der Waals surface area contributed by atoms with Crippen molar-refractivity contribution in [2.75, 3.05) is 14.7 Å². The first-order chi connectivity index (χ1) is 34.5. The van der Waals surface area contributed by atoms with Gasteiger partial charge in [-0.2, -0.15) is 0 Å². The number of benzene rings is 10. The molecule has 0 aliphatic carbocycles. The first-order valence-corrected chi connectivity index (χ1v) is 25.4. The standard InChI is InChI=1S/C63H44B3N3S/c1-39-33-40(2)60(41(3)34-39)66-49-27-15-18-30-58(49)70-59-38-55-50(36-51(59)66)65-48-32-31-43(42-19-7-4-8-20-42)35-54(48)69-53-29-17-14-26-47(53)64-46-25-13-16-28-52(46)67(44-21-9-5-10-22-44)56-37-57(62(65)63(69)61(56)64)68(55)45-23-11-6-12-24-45/h4-38H,1-3H3. The van der Waals surface area contributed by atoms with Crippen LogP contribution in [0.2, 0.25) is 0 Å². The number of fused-ring (bicyclic) bond motifs is 12. The molecule has 0 atom stereocenters. The van der Waals surface area contributed by atoms with Crippen LogP contribution in [0.5, 0.6) is 0 Å². The third kappa shape index (κ3) is 5.58. The van der Waals surface area contributed by atoms with Crippen LogP contribution in [-0.2, 0) is 0 Å². The minimum atomic E-state index is -0.0528. The van der Waals surface area contributed by atoms with Gasteiger partial charge in [0.05, 0.1) is 0 Å². The van der Waals surface area contributed by atoms with Gasteiger partial charge in [0.2, 0.25) is 6.71 Å². The second kappa shape index (κ2) is 15.1. The first kappa shape index (κ1) is 40.1. The lowest BCUT2D eigenvalue weighted by molar-refractivity contribution is 1.22. The van der Waals surface area contributed by atoms with Gasteiger partial charge in [-0.3, -0.25) is 0 Å². The van der Waals surface area contributed by atoms with Crippen LogP contribution in [0.25, 0.3) is 11.1 Å². The summed E-state index contributed by atoms with van der Waals surface area (Å²) in [5, 5.41) is 0. The average molecular weight is 908 g/mol. The molecule has 0 fully saturated rings. The maximum atomic E-state index is 2.67. The van der Waals surface area contributed by atoms with Crippen LogP contribution >= 0.6 is 11.8 Å². The molecular weight excluding hydrogens is 863 g/mol. The summed E-state index contributed by atoms with van der Waals surface area (Å²) in [5.74, 6) is 0. The molecule has 0 amide bonds. The monoisotopic (exact) mass is 907 g/mol. The van der Waals surface area contributed by atoms with Crippen molar-refractivity contribution in [3.8, 4) is 11.1 Å². The maximum Gasteiger partial charge on any atom is 0.252 e. The number of aryl methyl sites for hydroxylation is 3. The van der Waals surface area contributed by atoms with Gasteiger partial charge in [0.25, 0.3) is 13.4 Å². The van der Waals surface area contributed by atoms with Crippen LogP contribution in [0.1, 0.15) is 16.7 Å². The number of nitrogens with zero attached hydrogens (tertiary/aromatic N) is 3. The Morgan fingerprint density at radius 1 is 0.314 bits per heavy atom. The molecule has 5 heterocycles. The lowest BCUT2D eigenvalue weighted by Gasteiger charge is -2.51. The topological polar surface area (TPSA) is 9.72 Å². The second-order valence-electron chi connectivity index (χ2n) is 19.7. The lowest BCUT2D eigenvalue weighted by Crippen LogP contribution is -2.69. The molecule has 3 nitrogen and oxygen atoms in total. The zero-order valence-electron chi connectivity index (χ0n) is 39.2. The summed E-state index contributed by atoms with van der Waals surface area (Å²) in [5.41, 5.74) is 29.7. The van der Waals surface area contributed by atoms with Crippen molar-refractivity contribution in [1.29, 1.82) is 0 Å². The zero-order valence-corrected chi connectivity index (χ0v) is 40.0. The van der Waals surface area contributed by atoms with Crippen LogP contribution in [0.3, 0.4) is 0 Å². The Labute approximate surface area is 415 Å². The van der Waals surface area contributed by atoms with Crippen LogP contribution in [0.15, 0.2) is 222 Å². The molecule has 10 aromatic carbocycles. The fourth-order valence-corrected chi connectivity index (χ4v) is 14.4. The number of anilines is 9. The van der Waals surface area contributed by atoms with E-state index in [1.807, 2.05) is 11.8 Å². The van der Waals surface area contributed by atoms with Crippen molar-refractivity contribution >= 4 is 132 Å². The van der Waals surface area contributed by atoms with E-state index in [2.05, 4.69) is 248 Å². The highest BCUT2D eigenvalue weighted by Crippen LogP contribution is 2.50. The highest BCUT2D eigenvalue weighted by molar-refractivity contribution is 8.00. The van der Waals surface area contributed by atoms with E-state index in [-0.39, 0.29) is 20.1 Å². The molecule has 70 heavy (non-hydrogen) atoms. The molecule has 0 radical (unpaired) electrons. The Kier molecular flexibility index (Phi) is 8.63. The summed E-state index contributed by atoms with van der Waals surface area (Å²) in [4.78, 5) is 10.5. The minimum absolute atomic E-state index is 0.0262. The molecule has 0 saturated carbocycles. The van der Waals surface area contributed by atoms with Crippen molar-refractivity contribution in [1.82, 2.24) is 0 Å². The Morgan fingerprint density at radius 3 is 1.47 bits per heavy atom. The Morgan fingerprint density at radius 2 is 0.814 bits per heavy atom. The molecule has 5 aliphatic heterocycles. The first-order valence-electron chi connectivity index (χ1n) is 24.6. The third-order valence-electron chi connectivity index (χ3n) is 15.8. The van der Waals surface area contributed by atoms with E-state index in [0.29, 0.717) is 0 Å². The van der Waals surface area contributed by atoms with E-state index in [1.54, 1.807) is 0 Å². The second-order valence-corrected chi connectivity index (χ2v) is 20.8. The van der Waals surface area contributed by atoms with Gasteiger partial charge in [-0.15, -0.1) is 0 Å². The fourth-order valence-electron chi connectivity index (χ4n) is 13.2. The summed E-state index contributed by atoms with van der Waals surface area (Å²) in [6, 6.07) is 80.5. The van der Waals surface area contributed by atoms with Crippen molar-refractivity contribution < 1.29 is 0 Å². The van der Waals surface area contributed by atoms with E-state index >= 15 is 0 Å². The molecule has 326 valence electrons. The normalized spacial score (nSPS) is 14.0. The Hall–Kier alpha value is -7.86. The highest BCUT2D eigenvalue weighted by atomic mass is 32.2. The predicted molar refractivity (Wildman–Crippen MR) is 301 cm³/mol. The molecule has 10 aromatic rings. The van der Waals surface area contributed by atoms with Gasteiger partial charge in [0.15, 0.2) is 0 Å². The van der Waals surface area contributed by atoms with Gasteiger partial charge >= 0.3 is 0 Å². The number of para-hydroxylation sites is 4. The van der Waals surface area contributed by atoms with Crippen LogP contribution in [0.4, 0.5) is 51.2 Å². The lowest BCUT2D eigenvalue weighted by atomic mass is 9.28.